The lowest BCUT2D eigenvalue weighted by atomic mass is 10.1. The van der Waals surface area contributed by atoms with E-state index in [4.69, 9.17) is 4.74 Å². The number of carbonyl (C=O) groups is 2. The summed E-state index contributed by atoms with van der Waals surface area (Å²) in [5, 5.41) is 5.49. The monoisotopic (exact) mass is 402 g/mol. The fourth-order valence-electron chi connectivity index (χ4n) is 2.24. The molecule has 6 heteroatoms. The van der Waals surface area contributed by atoms with Crippen LogP contribution in [0, 0.1) is 6.92 Å². The summed E-state index contributed by atoms with van der Waals surface area (Å²) >= 11 is 3.40. The number of nitrogens with one attached hydrogen (secondary N) is 2. The Balaban J connectivity index is 2.19. The third-order valence-corrected chi connectivity index (χ3v) is 3.84. The van der Waals surface area contributed by atoms with E-state index in [2.05, 4.69) is 26.6 Å². The molecule has 130 valence electrons. The zero-order valence-electron chi connectivity index (χ0n) is 14.2. The van der Waals surface area contributed by atoms with Crippen LogP contribution < -0.4 is 15.4 Å². The van der Waals surface area contributed by atoms with Crippen molar-refractivity contribution in [3.8, 4) is 5.75 Å². The van der Waals surface area contributed by atoms with Gasteiger partial charge in [0, 0.05) is 23.0 Å². The van der Waals surface area contributed by atoms with Gasteiger partial charge in [0.2, 0.25) is 11.8 Å². The summed E-state index contributed by atoms with van der Waals surface area (Å²) in [6.07, 6.45) is 3.09. The summed E-state index contributed by atoms with van der Waals surface area (Å²) in [6, 6.07) is 11.0. The molecule has 0 aromatic heterocycles. The minimum Gasteiger partial charge on any atom is -0.496 e. The molecule has 0 heterocycles. The molecule has 25 heavy (non-hydrogen) atoms. The molecule has 2 aromatic carbocycles. The van der Waals surface area contributed by atoms with Crippen molar-refractivity contribution in [3.63, 3.8) is 0 Å². The Labute approximate surface area is 155 Å². The molecular weight excluding hydrogens is 384 g/mol. The third-order valence-electron chi connectivity index (χ3n) is 3.35. The van der Waals surface area contributed by atoms with Crippen molar-refractivity contribution in [2.75, 3.05) is 17.7 Å². The van der Waals surface area contributed by atoms with Crippen molar-refractivity contribution in [2.45, 2.75) is 13.8 Å². The Hall–Kier alpha value is -2.60. The van der Waals surface area contributed by atoms with E-state index >= 15 is 0 Å². The van der Waals surface area contributed by atoms with Crippen LogP contribution in [0.1, 0.15) is 18.1 Å². The largest absolute Gasteiger partial charge is 0.496 e. The second-order valence-corrected chi connectivity index (χ2v) is 6.35. The van der Waals surface area contributed by atoms with E-state index in [1.54, 1.807) is 25.3 Å². The molecule has 0 atom stereocenters. The van der Waals surface area contributed by atoms with Crippen molar-refractivity contribution in [1.29, 1.82) is 0 Å². The highest BCUT2D eigenvalue weighted by atomic mass is 79.9. The number of ether oxygens (including phenoxy) is 1. The van der Waals surface area contributed by atoms with Gasteiger partial charge in [0.15, 0.2) is 0 Å². The van der Waals surface area contributed by atoms with Crippen LogP contribution in [0.3, 0.4) is 0 Å². The number of aryl methyl sites for hydroxylation is 1. The molecule has 0 aliphatic rings. The highest BCUT2D eigenvalue weighted by Crippen LogP contribution is 2.25. The van der Waals surface area contributed by atoms with Crippen LogP contribution in [0.4, 0.5) is 11.4 Å². The molecule has 0 bridgehead atoms. The molecule has 0 saturated heterocycles. The summed E-state index contributed by atoms with van der Waals surface area (Å²) in [7, 11) is 1.58. The second-order valence-electron chi connectivity index (χ2n) is 5.44. The number of carbonyl (C=O) groups excluding carboxylic acids is 2. The van der Waals surface area contributed by atoms with Gasteiger partial charge in [0.05, 0.1) is 18.5 Å². The van der Waals surface area contributed by atoms with Crippen molar-refractivity contribution >= 4 is 45.2 Å². The van der Waals surface area contributed by atoms with Gasteiger partial charge in [0.25, 0.3) is 0 Å². The predicted molar refractivity (Wildman–Crippen MR) is 104 cm³/mol. The van der Waals surface area contributed by atoms with Gasteiger partial charge in [-0.1, -0.05) is 22.0 Å². The van der Waals surface area contributed by atoms with E-state index in [1.807, 2.05) is 31.2 Å². The average molecular weight is 403 g/mol. The van der Waals surface area contributed by atoms with Gasteiger partial charge in [-0.05, 0) is 48.9 Å². The molecular formula is C19H19BrN2O3. The summed E-state index contributed by atoms with van der Waals surface area (Å²) in [4.78, 5) is 23.5. The van der Waals surface area contributed by atoms with Gasteiger partial charge in [-0.2, -0.15) is 0 Å². The normalized spacial score (nSPS) is 10.6. The number of hydrogen-bond donors (Lipinski definition) is 2. The molecule has 0 aliphatic carbocycles. The lowest BCUT2D eigenvalue weighted by Crippen LogP contribution is -2.13. The molecule has 0 aliphatic heterocycles. The van der Waals surface area contributed by atoms with Crippen molar-refractivity contribution in [3.05, 3.63) is 58.1 Å². The first kappa shape index (κ1) is 18.7. The first-order chi connectivity index (χ1) is 11.9. The Kier molecular flexibility index (Phi) is 6.36. The average Bonchev–Trinajstić information content (AvgIpc) is 2.55. The predicted octanol–water partition coefficient (Wildman–Crippen LogP) is 4.38. The van der Waals surface area contributed by atoms with Crippen molar-refractivity contribution in [2.24, 2.45) is 0 Å². The van der Waals surface area contributed by atoms with Gasteiger partial charge in [-0.15, -0.1) is 0 Å². The van der Waals surface area contributed by atoms with Crippen LogP contribution >= 0.6 is 15.9 Å². The SMILES string of the molecule is COc1ccc(Br)cc1/C=C/C(=O)Nc1cc(C)ccc1NC(C)=O. The van der Waals surface area contributed by atoms with E-state index in [1.165, 1.54) is 13.0 Å². The van der Waals surface area contributed by atoms with Gasteiger partial charge >= 0.3 is 0 Å². The summed E-state index contributed by atoms with van der Waals surface area (Å²) in [5.41, 5.74) is 2.85. The number of hydrogen-bond acceptors (Lipinski definition) is 3. The molecule has 2 rings (SSSR count). The van der Waals surface area contributed by atoms with Crippen LogP contribution in [-0.2, 0) is 9.59 Å². The molecule has 0 unspecified atom stereocenters. The molecule has 0 radical (unpaired) electrons. The zero-order valence-corrected chi connectivity index (χ0v) is 15.8. The van der Waals surface area contributed by atoms with E-state index < -0.39 is 0 Å². The first-order valence-electron chi connectivity index (χ1n) is 7.60. The number of benzene rings is 2. The summed E-state index contributed by atoms with van der Waals surface area (Å²) in [5.74, 6) is 0.162. The third kappa shape index (κ3) is 5.46. The van der Waals surface area contributed by atoms with Gasteiger partial charge in [-0.3, -0.25) is 9.59 Å². The first-order valence-corrected chi connectivity index (χ1v) is 8.39. The molecule has 2 N–H and O–H groups in total. The number of amides is 2. The Morgan fingerprint density at radius 3 is 2.52 bits per heavy atom. The Morgan fingerprint density at radius 2 is 1.84 bits per heavy atom. The van der Waals surface area contributed by atoms with Crippen LogP contribution in [0.2, 0.25) is 0 Å². The lowest BCUT2D eigenvalue weighted by Gasteiger charge is -2.11. The second kappa shape index (κ2) is 8.48. The van der Waals surface area contributed by atoms with E-state index in [9.17, 15) is 9.59 Å². The topological polar surface area (TPSA) is 67.4 Å². The van der Waals surface area contributed by atoms with Crippen LogP contribution in [0.25, 0.3) is 6.08 Å². The molecule has 2 amide bonds. The maximum Gasteiger partial charge on any atom is 0.248 e. The van der Waals surface area contributed by atoms with Gasteiger partial charge in [-0.25, -0.2) is 0 Å². The van der Waals surface area contributed by atoms with Crippen molar-refractivity contribution in [1.82, 2.24) is 0 Å². The molecule has 0 spiro atoms. The zero-order chi connectivity index (χ0) is 18.4. The van der Waals surface area contributed by atoms with E-state index in [0.29, 0.717) is 17.1 Å². The van der Waals surface area contributed by atoms with Gasteiger partial charge < -0.3 is 15.4 Å². The maximum absolute atomic E-state index is 12.3. The van der Waals surface area contributed by atoms with Crippen LogP contribution in [0.15, 0.2) is 46.9 Å². The van der Waals surface area contributed by atoms with Crippen LogP contribution in [0.5, 0.6) is 5.75 Å². The highest BCUT2D eigenvalue weighted by Gasteiger charge is 2.07. The van der Waals surface area contributed by atoms with E-state index in [-0.39, 0.29) is 11.8 Å². The smallest absolute Gasteiger partial charge is 0.248 e. The number of anilines is 2. The summed E-state index contributed by atoms with van der Waals surface area (Å²) in [6.45, 7) is 3.33. The fourth-order valence-corrected chi connectivity index (χ4v) is 2.61. The molecule has 0 fully saturated rings. The van der Waals surface area contributed by atoms with Crippen molar-refractivity contribution < 1.29 is 14.3 Å². The maximum atomic E-state index is 12.3. The molecule has 5 nitrogen and oxygen atoms in total. The standard InChI is InChI=1S/C19H19BrN2O3/c1-12-4-7-16(21-13(2)23)17(10-12)22-19(24)9-5-14-11-15(20)6-8-18(14)25-3/h4-11H,1-3H3,(H,21,23)(H,22,24)/b9-5+. The highest BCUT2D eigenvalue weighted by molar-refractivity contribution is 9.10. The minimum absolute atomic E-state index is 0.200. The quantitative estimate of drug-likeness (QED) is 0.729. The van der Waals surface area contributed by atoms with Crippen LogP contribution in [-0.4, -0.2) is 18.9 Å². The fraction of sp³-hybridized carbons (Fsp3) is 0.158. The molecule has 0 saturated carbocycles. The lowest BCUT2D eigenvalue weighted by molar-refractivity contribution is -0.114. The van der Waals surface area contributed by atoms with E-state index in [0.717, 1.165) is 15.6 Å². The minimum atomic E-state index is -0.306. The number of rotatable bonds is 5. The summed E-state index contributed by atoms with van der Waals surface area (Å²) < 4.78 is 6.17. The van der Waals surface area contributed by atoms with Gasteiger partial charge in [0.1, 0.15) is 5.75 Å². The number of halogens is 1. The Bertz CT molecular complexity index is 831. The Morgan fingerprint density at radius 1 is 1.08 bits per heavy atom. The number of methoxy groups -OCH3 is 1. The molecule has 2 aromatic rings.